The minimum absolute atomic E-state index is 0.00850. The number of aromatic nitrogens is 1. The number of hydrogen-bond acceptors (Lipinski definition) is 5. The summed E-state index contributed by atoms with van der Waals surface area (Å²) < 4.78 is 5.25. The smallest absolute Gasteiger partial charge is 0.273 e. The fourth-order valence-corrected chi connectivity index (χ4v) is 2.69. The number of aliphatic hydroxyl groups excluding tert-OH is 1. The van der Waals surface area contributed by atoms with Crippen molar-refractivity contribution in [3.8, 4) is 6.07 Å². The highest BCUT2D eigenvalue weighted by atomic mass is 35.5. The SMILES string of the molecule is CCCC1=C(Cl)C(=O)N(c2noc(C(C)(C)C)c2C#N)C1O. The summed E-state index contributed by atoms with van der Waals surface area (Å²) >= 11 is 6.03. The summed E-state index contributed by atoms with van der Waals surface area (Å²) in [6.07, 6.45) is 0.0135. The van der Waals surface area contributed by atoms with Crippen LogP contribution in [0, 0.1) is 11.3 Å². The molecule has 1 aromatic rings. The molecule has 0 saturated carbocycles. The highest BCUT2D eigenvalue weighted by Crippen LogP contribution is 2.38. The molecule has 118 valence electrons. The van der Waals surface area contributed by atoms with Crippen molar-refractivity contribution in [2.75, 3.05) is 4.90 Å². The normalized spacial score (nSPS) is 19.0. The predicted octanol–water partition coefficient (Wildman–Crippen LogP) is 2.80. The fraction of sp³-hybridized carbons (Fsp3) is 0.533. The van der Waals surface area contributed by atoms with Crippen molar-refractivity contribution < 1.29 is 14.4 Å². The van der Waals surface area contributed by atoms with E-state index in [2.05, 4.69) is 5.16 Å². The predicted molar refractivity (Wildman–Crippen MR) is 81.2 cm³/mol. The van der Waals surface area contributed by atoms with Crippen LogP contribution in [0.15, 0.2) is 15.1 Å². The summed E-state index contributed by atoms with van der Waals surface area (Å²) in [6.45, 7) is 7.53. The number of nitrogens with zero attached hydrogens (tertiary/aromatic N) is 3. The zero-order valence-corrected chi connectivity index (χ0v) is 13.7. The zero-order chi connectivity index (χ0) is 16.7. The molecule has 1 amide bonds. The number of halogens is 1. The molecule has 0 saturated heterocycles. The minimum Gasteiger partial charge on any atom is -0.369 e. The maximum atomic E-state index is 12.3. The lowest BCUT2D eigenvalue weighted by Gasteiger charge is -2.20. The first-order valence-corrected chi connectivity index (χ1v) is 7.42. The van der Waals surface area contributed by atoms with Gasteiger partial charge in [0.05, 0.1) is 0 Å². The Morgan fingerprint density at radius 3 is 2.64 bits per heavy atom. The van der Waals surface area contributed by atoms with Crippen molar-refractivity contribution in [3.05, 3.63) is 21.9 Å². The molecule has 0 spiro atoms. The molecule has 0 aliphatic carbocycles. The molecule has 1 aliphatic rings. The van der Waals surface area contributed by atoms with Crippen LogP contribution in [0.3, 0.4) is 0 Å². The highest BCUT2D eigenvalue weighted by Gasteiger charge is 2.42. The van der Waals surface area contributed by atoms with E-state index >= 15 is 0 Å². The van der Waals surface area contributed by atoms with Crippen molar-refractivity contribution in [3.63, 3.8) is 0 Å². The molecule has 1 aromatic heterocycles. The summed E-state index contributed by atoms with van der Waals surface area (Å²) in [4.78, 5) is 13.3. The molecule has 0 aromatic carbocycles. The molecule has 22 heavy (non-hydrogen) atoms. The Bertz CT molecular complexity index is 679. The monoisotopic (exact) mass is 323 g/mol. The number of nitriles is 1. The molecule has 0 fully saturated rings. The van der Waals surface area contributed by atoms with Crippen molar-refractivity contribution in [1.82, 2.24) is 5.16 Å². The van der Waals surface area contributed by atoms with Crippen LogP contribution in [-0.4, -0.2) is 22.4 Å². The topological polar surface area (TPSA) is 90.4 Å². The lowest BCUT2D eigenvalue weighted by atomic mass is 9.90. The molecule has 1 atom stereocenters. The number of carbonyl (C=O) groups excluding carboxylic acids is 1. The van der Waals surface area contributed by atoms with E-state index in [0.29, 0.717) is 17.8 Å². The van der Waals surface area contributed by atoms with Gasteiger partial charge in [-0.25, -0.2) is 0 Å². The van der Waals surface area contributed by atoms with Gasteiger partial charge >= 0.3 is 0 Å². The van der Waals surface area contributed by atoms with E-state index in [9.17, 15) is 15.2 Å². The Kier molecular flexibility index (Phi) is 4.32. The van der Waals surface area contributed by atoms with Gasteiger partial charge in [0.2, 0.25) is 0 Å². The molecule has 6 nitrogen and oxygen atoms in total. The van der Waals surface area contributed by atoms with E-state index < -0.39 is 17.6 Å². The molecule has 1 aliphatic heterocycles. The largest absolute Gasteiger partial charge is 0.369 e. The van der Waals surface area contributed by atoms with E-state index in [1.54, 1.807) is 0 Å². The van der Waals surface area contributed by atoms with Crippen LogP contribution in [0.2, 0.25) is 0 Å². The second-order valence-electron chi connectivity index (χ2n) is 6.21. The van der Waals surface area contributed by atoms with Crippen LogP contribution in [0.1, 0.15) is 51.9 Å². The summed E-state index contributed by atoms with van der Waals surface area (Å²) in [5, 5.41) is 23.6. The summed E-state index contributed by atoms with van der Waals surface area (Å²) in [6, 6.07) is 2.01. The Morgan fingerprint density at radius 2 is 2.14 bits per heavy atom. The van der Waals surface area contributed by atoms with E-state index in [1.165, 1.54) is 0 Å². The average Bonchev–Trinajstić information content (AvgIpc) is 2.94. The Balaban J connectivity index is 2.50. The van der Waals surface area contributed by atoms with Gasteiger partial charge in [-0.15, -0.1) is 0 Å². The molecule has 2 rings (SSSR count). The fourth-order valence-electron chi connectivity index (χ4n) is 2.40. The number of rotatable bonds is 3. The Labute approximate surface area is 133 Å². The minimum atomic E-state index is -1.22. The van der Waals surface area contributed by atoms with E-state index in [-0.39, 0.29) is 16.4 Å². The maximum absolute atomic E-state index is 12.3. The van der Waals surface area contributed by atoms with E-state index in [1.807, 2.05) is 33.8 Å². The van der Waals surface area contributed by atoms with E-state index in [4.69, 9.17) is 16.1 Å². The molecule has 0 radical (unpaired) electrons. The molecule has 2 heterocycles. The summed E-state index contributed by atoms with van der Waals surface area (Å²) in [5.74, 6) is -0.192. The summed E-state index contributed by atoms with van der Waals surface area (Å²) in [7, 11) is 0. The van der Waals surface area contributed by atoms with Crippen molar-refractivity contribution in [2.24, 2.45) is 0 Å². The van der Waals surface area contributed by atoms with Crippen molar-refractivity contribution in [2.45, 2.75) is 52.2 Å². The van der Waals surface area contributed by atoms with Crippen LogP contribution >= 0.6 is 11.6 Å². The lowest BCUT2D eigenvalue weighted by Crippen LogP contribution is -2.36. The number of anilines is 1. The molecule has 0 bridgehead atoms. The van der Waals surface area contributed by atoms with Crippen LogP contribution in [-0.2, 0) is 10.2 Å². The highest BCUT2D eigenvalue weighted by molar-refractivity contribution is 6.45. The van der Waals surface area contributed by atoms with Gasteiger partial charge in [-0.3, -0.25) is 9.69 Å². The van der Waals surface area contributed by atoms with Gasteiger partial charge in [-0.2, -0.15) is 5.26 Å². The third-order valence-corrected chi connectivity index (χ3v) is 3.86. The number of amides is 1. The first-order valence-electron chi connectivity index (χ1n) is 7.04. The Hall–Kier alpha value is -1.84. The second kappa shape index (κ2) is 5.75. The van der Waals surface area contributed by atoms with Crippen molar-refractivity contribution >= 4 is 23.3 Å². The molecule has 1 N–H and O–H groups in total. The first kappa shape index (κ1) is 16.5. The summed E-state index contributed by atoms with van der Waals surface area (Å²) in [5.41, 5.74) is 0.133. The van der Waals surface area contributed by atoms with Crippen molar-refractivity contribution in [1.29, 1.82) is 5.26 Å². The van der Waals surface area contributed by atoms with E-state index in [0.717, 1.165) is 11.3 Å². The number of carbonyl (C=O) groups is 1. The first-order chi connectivity index (χ1) is 10.2. The quantitative estimate of drug-likeness (QED) is 0.923. The van der Waals surface area contributed by atoms with Crippen LogP contribution < -0.4 is 4.90 Å². The Morgan fingerprint density at radius 1 is 1.50 bits per heavy atom. The molecule has 7 heteroatoms. The molecular weight excluding hydrogens is 306 g/mol. The molecular formula is C15H18ClN3O3. The van der Waals surface area contributed by atoms with Gasteiger partial charge in [0.1, 0.15) is 16.7 Å². The molecule has 1 unspecified atom stereocenters. The van der Waals surface area contributed by atoms with Crippen LogP contribution in [0.4, 0.5) is 5.82 Å². The number of aliphatic hydroxyl groups is 1. The van der Waals surface area contributed by atoms with Gasteiger partial charge in [-0.1, -0.05) is 50.9 Å². The zero-order valence-electron chi connectivity index (χ0n) is 13.0. The van der Waals surface area contributed by atoms with Gasteiger partial charge in [0, 0.05) is 11.0 Å². The third-order valence-electron chi connectivity index (χ3n) is 3.46. The number of hydrogen-bond donors (Lipinski definition) is 1. The standard InChI is InChI=1S/C15H18ClN3O3/c1-5-6-8-10(16)14(21)19(13(8)20)12-9(7-17)11(22-18-12)15(2,3)4/h13,20H,5-6H2,1-4H3. The average molecular weight is 324 g/mol. The van der Waals surface area contributed by atoms with Gasteiger partial charge in [0.15, 0.2) is 17.8 Å². The van der Waals surface area contributed by atoms with Crippen LogP contribution in [0.25, 0.3) is 0 Å². The third kappa shape index (κ3) is 2.51. The van der Waals surface area contributed by atoms with Gasteiger partial charge in [-0.05, 0) is 6.42 Å². The maximum Gasteiger partial charge on any atom is 0.273 e. The van der Waals surface area contributed by atoms with Gasteiger partial charge < -0.3 is 9.63 Å². The van der Waals surface area contributed by atoms with Crippen LogP contribution in [0.5, 0.6) is 0 Å². The second-order valence-corrected chi connectivity index (χ2v) is 6.59. The lowest BCUT2D eigenvalue weighted by molar-refractivity contribution is -0.115. The van der Waals surface area contributed by atoms with Gasteiger partial charge in [0.25, 0.3) is 5.91 Å².